The van der Waals surface area contributed by atoms with Gasteiger partial charge in [0.15, 0.2) is 0 Å². The number of nitrogens with zero attached hydrogens (tertiary/aromatic N) is 1. The van der Waals surface area contributed by atoms with Crippen LogP contribution in [0.1, 0.15) is 28.1 Å². The van der Waals surface area contributed by atoms with Gasteiger partial charge in [-0.05, 0) is 42.0 Å². The lowest BCUT2D eigenvalue weighted by Gasteiger charge is -2.32. The molecule has 0 saturated carbocycles. The third-order valence-corrected chi connectivity index (χ3v) is 5.04. The number of amides is 2. The predicted octanol–water partition coefficient (Wildman–Crippen LogP) is 2.85. The molecular weight excluding hydrogens is 327 g/mol. The molecule has 1 saturated heterocycles. The van der Waals surface area contributed by atoms with Crippen LogP contribution in [-0.2, 0) is 11.2 Å². The van der Waals surface area contributed by atoms with Crippen LogP contribution in [0.15, 0.2) is 41.8 Å². The van der Waals surface area contributed by atoms with Crippen molar-refractivity contribution < 1.29 is 14.0 Å². The Hall–Kier alpha value is -2.21. The van der Waals surface area contributed by atoms with E-state index in [9.17, 15) is 14.0 Å². The largest absolute Gasteiger partial charge is 0.348 e. The summed E-state index contributed by atoms with van der Waals surface area (Å²) in [6.07, 6.45) is 1.70. The fraction of sp³-hybridized carbons (Fsp3) is 0.333. The van der Waals surface area contributed by atoms with Gasteiger partial charge in [0.05, 0.1) is 11.3 Å². The third kappa shape index (κ3) is 4.20. The van der Waals surface area contributed by atoms with Crippen molar-refractivity contribution in [3.63, 3.8) is 0 Å². The molecule has 24 heavy (non-hydrogen) atoms. The van der Waals surface area contributed by atoms with Crippen molar-refractivity contribution in [1.82, 2.24) is 10.2 Å². The number of hydrogen-bond donors (Lipinski definition) is 1. The van der Waals surface area contributed by atoms with E-state index >= 15 is 0 Å². The van der Waals surface area contributed by atoms with Crippen LogP contribution < -0.4 is 5.32 Å². The number of benzene rings is 1. The quantitative estimate of drug-likeness (QED) is 0.925. The molecule has 0 spiro atoms. The first-order valence-electron chi connectivity index (χ1n) is 7.98. The van der Waals surface area contributed by atoms with Crippen LogP contribution in [-0.4, -0.2) is 35.8 Å². The zero-order valence-corrected chi connectivity index (χ0v) is 14.0. The second-order valence-electron chi connectivity index (χ2n) is 5.91. The Kier molecular flexibility index (Phi) is 5.25. The fourth-order valence-electron chi connectivity index (χ4n) is 2.87. The zero-order valence-electron chi connectivity index (χ0n) is 13.2. The monoisotopic (exact) mass is 346 g/mol. The van der Waals surface area contributed by atoms with Crippen molar-refractivity contribution in [2.45, 2.75) is 25.3 Å². The number of rotatable bonds is 4. The van der Waals surface area contributed by atoms with Gasteiger partial charge >= 0.3 is 0 Å². The summed E-state index contributed by atoms with van der Waals surface area (Å²) in [6, 6.07) is 9.89. The minimum Gasteiger partial charge on any atom is -0.348 e. The molecule has 126 valence electrons. The van der Waals surface area contributed by atoms with Gasteiger partial charge in [-0.2, -0.15) is 0 Å². The number of nitrogens with one attached hydrogen (secondary N) is 1. The van der Waals surface area contributed by atoms with Gasteiger partial charge in [0.1, 0.15) is 5.82 Å². The molecule has 0 bridgehead atoms. The van der Waals surface area contributed by atoms with E-state index in [1.54, 1.807) is 23.1 Å². The van der Waals surface area contributed by atoms with E-state index in [2.05, 4.69) is 5.32 Å². The molecule has 6 heteroatoms. The molecule has 1 aromatic carbocycles. The standard InChI is InChI=1S/C18H19FN2O2S/c19-14-4-1-3-13(11-14)12-17(22)21-8-6-15(7-9-21)20-18(23)16-5-2-10-24-16/h1-5,10-11,15H,6-9,12H2,(H,20,23). The predicted molar refractivity (Wildman–Crippen MR) is 91.5 cm³/mol. The summed E-state index contributed by atoms with van der Waals surface area (Å²) >= 11 is 1.42. The van der Waals surface area contributed by atoms with Crippen molar-refractivity contribution in [3.05, 3.63) is 58.0 Å². The van der Waals surface area contributed by atoms with Crippen molar-refractivity contribution in [3.8, 4) is 0 Å². The first-order chi connectivity index (χ1) is 11.6. The molecular formula is C18H19FN2O2S. The average Bonchev–Trinajstić information content (AvgIpc) is 3.10. The summed E-state index contributed by atoms with van der Waals surface area (Å²) in [5, 5.41) is 4.90. The summed E-state index contributed by atoms with van der Waals surface area (Å²) in [4.78, 5) is 26.9. The number of carbonyl (C=O) groups is 2. The lowest BCUT2D eigenvalue weighted by molar-refractivity contribution is -0.131. The molecule has 2 heterocycles. The molecule has 2 amide bonds. The maximum atomic E-state index is 13.2. The number of halogens is 1. The summed E-state index contributed by atoms with van der Waals surface area (Å²) in [7, 11) is 0. The van der Waals surface area contributed by atoms with E-state index in [1.807, 2.05) is 11.4 Å². The van der Waals surface area contributed by atoms with Gasteiger partial charge in [0.25, 0.3) is 5.91 Å². The highest BCUT2D eigenvalue weighted by molar-refractivity contribution is 7.12. The minimum atomic E-state index is -0.324. The van der Waals surface area contributed by atoms with Gasteiger partial charge in [0, 0.05) is 19.1 Å². The Bertz CT molecular complexity index is 710. The second-order valence-corrected chi connectivity index (χ2v) is 6.86. The summed E-state index contributed by atoms with van der Waals surface area (Å²) in [5.41, 5.74) is 0.688. The van der Waals surface area contributed by atoms with Gasteiger partial charge in [-0.15, -0.1) is 11.3 Å². The molecule has 4 nitrogen and oxygen atoms in total. The first-order valence-corrected chi connectivity index (χ1v) is 8.86. The van der Waals surface area contributed by atoms with E-state index < -0.39 is 0 Å². The number of thiophene rings is 1. The summed E-state index contributed by atoms with van der Waals surface area (Å²) < 4.78 is 13.2. The van der Waals surface area contributed by atoms with Crippen molar-refractivity contribution in [1.29, 1.82) is 0 Å². The van der Waals surface area contributed by atoms with Crippen molar-refractivity contribution in [2.75, 3.05) is 13.1 Å². The maximum Gasteiger partial charge on any atom is 0.261 e. The van der Waals surface area contributed by atoms with Crippen LogP contribution in [0.25, 0.3) is 0 Å². The summed E-state index contributed by atoms with van der Waals surface area (Å²) in [6.45, 7) is 1.23. The van der Waals surface area contributed by atoms with Gasteiger partial charge in [0.2, 0.25) is 5.91 Å². The second kappa shape index (κ2) is 7.57. The Labute approximate surface area is 144 Å². The average molecular weight is 346 g/mol. The smallest absolute Gasteiger partial charge is 0.261 e. The van der Waals surface area contributed by atoms with Crippen LogP contribution in [0.5, 0.6) is 0 Å². The van der Waals surface area contributed by atoms with E-state index in [-0.39, 0.29) is 30.1 Å². The van der Waals surface area contributed by atoms with Gasteiger partial charge in [-0.1, -0.05) is 18.2 Å². The van der Waals surface area contributed by atoms with Crippen molar-refractivity contribution >= 4 is 23.2 Å². The SMILES string of the molecule is O=C(NC1CCN(C(=O)Cc2cccc(F)c2)CC1)c1cccs1. The molecule has 1 aliphatic heterocycles. The number of piperidine rings is 1. The van der Waals surface area contributed by atoms with Crippen LogP contribution in [0.3, 0.4) is 0 Å². The highest BCUT2D eigenvalue weighted by atomic mass is 32.1. The van der Waals surface area contributed by atoms with Crippen LogP contribution in [0.4, 0.5) is 4.39 Å². The first kappa shape index (κ1) is 16.6. The number of hydrogen-bond acceptors (Lipinski definition) is 3. The van der Waals surface area contributed by atoms with E-state index in [0.29, 0.717) is 23.5 Å². The van der Waals surface area contributed by atoms with Gasteiger partial charge in [-0.25, -0.2) is 4.39 Å². The molecule has 0 unspecified atom stereocenters. The van der Waals surface area contributed by atoms with Gasteiger partial charge < -0.3 is 10.2 Å². The Morgan fingerprint density at radius 1 is 1.21 bits per heavy atom. The molecule has 1 aromatic heterocycles. The molecule has 3 rings (SSSR count). The molecule has 0 radical (unpaired) electrons. The Balaban J connectivity index is 1.48. The van der Waals surface area contributed by atoms with E-state index in [4.69, 9.17) is 0 Å². The molecule has 1 fully saturated rings. The molecule has 2 aromatic rings. The lowest BCUT2D eigenvalue weighted by Crippen LogP contribution is -2.46. The lowest BCUT2D eigenvalue weighted by atomic mass is 10.0. The molecule has 1 aliphatic rings. The fourth-order valence-corrected chi connectivity index (χ4v) is 3.50. The van der Waals surface area contributed by atoms with Crippen LogP contribution in [0.2, 0.25) is 0 Å². The zero-order chi connectivity index (χ0) is 16.9. The van der Waals surface area contributed by atoms with E-state index in [1.165, 1.54) is 23.5 Å². The maximum absolute atomic E-state index is 13.2. The summed E-state index contributed by atoms with van der Waals surface area (Å²) in [5.74, 6) is -0.367. The highest BCUT2D eigenvalue weighted by Gasteiger charge is 2.24. The van der Waals surface area contributed by atoms with Crippen molar-refractivity contribution in [2.24, 2.45) is 0 Å². The third-order valence-electron chi connectivity index (χ3n) is 4.17. The number of likely N-dealkylation sites (tertiary alicyclic amines) is 1. The highest BCUT2D eigenvalue weighted by Crippen LogP contribution is 2.15. The molecule has 0 atom stereocenters. The Morgan fingerprint density at radius 3 is 2.67 bits per heavy atom. The van der Waals surface area contributed by atoms with Gasteiger partial charge in [-0.3, -0.25) is 9.59 Å². The molecule has 1 N–H and O–H groups in total. The van der Waals surface area contributed by atoms with Crippen LogP contribution >= 0.6 is 11.3 Å². The Morgan fingerprint density at radius 2 is 2.00 bits per heavy atom. The normalized spacial score (nSPS) is 15.3. The number of carbonyl (C=O) groups excluding carboxylic acids is 2. The minimum absolute atomic E-state index is 0.00336. The van der Waals surface area contributed by atoms with Crippen LogP contribution in [0, 0.1) is 5.82 Å². The molecule has 0 aliphatic carbocycles. The topological polar surface area (TPSA) is 49.4 Å². The van der Waals surface area contributed by atoms with E-state index in [0.717, 1.165) is 12.8 Å².